The molecule has 4 rings (SSSR count). The molecule has 2 heterocycles. The smallest absolute Gasteiger partial charge is 0.412 e. The Kier molecular flexibility index (Phi) is 7.52. The minimum Gasteiger partial charge on any atom is -0.444 e. The number of thiazole rings is 1. The average Bonchev–Trinajstić information content (AvgIpc) is 3.30. The lowest BCUT2D eigenvalue weighted by molar-refractivity contribution is 0.0635. The minimum absolute atomic E-state index is 0.0275. The van der Waals surface area contributed by atoms with E-state index in [1.807, 2.05) is 69.3 Å². The van der Waals surface area contributed by atoms with Gasteiger partial charge >= 0.3 is 6.09 Å². The van der Waals surface area contributed by atoms with Gasteiger partial charge in [-0.2, -0.15) is 0 Å². The van der Waals surface area contributed by atoms with Crippen molar-refractivity contribution in [2.45, 2.75) is 32.8 Å². The van der Waals surface area contributed by atoms with Crippen molar-refractivity contribution in [1.82, 2.24) is 9.88 Å². The standard InChI is InChI=1S/C27H32N4O3S/c1-27(2,3)34-26(33)29-22-11-10-20(19-8-6-5-7-9-19)16-21(22)17-23(32)24-18-28-25(35-24)31-14-12-30(4)13-15-31/h5-11,16,18H,12-15,17H2,1-4H3,(H,29,33). The SMILES string of the molecule is CN1CCN(c2ncc(C(=O)Cc3cc(-c4ccccc4)ccc3NC(=O)OC(C)(C)C)s2)CC1. The number of Topliss-reactive ketones (excluding diaryl/α,β-unsaturated/α-hetero) is 1. The number of carbonyl (C=O) groups excluding carboxylic acids is 2. The number of nitrogens with one attached hydrogen (secondary N) is 1. The highest BCUT2D eigenvalue weighted by molar-refractivity contribution is 7.17. The second kappa shape index (κ2) is 10.6. The molecular formula is C27H32N4O3S. The Bertz CT molecular complexity index is 1180. The highest BCUT2D eigenvalue weighted by atomic mass is 32.1. The Morgan fingerprint density at radius 3 is 2.43 bits per heavy atom. The van der Waals surface area contributed by atoms with Crippen LogP contribution < -0.4 is 10.2 Å². The third-order valence-corrected chi connectivity index (χ3v) is 6.84. The number of rotatable bonds is 6. The third-order valence-electron chi connectivity index (χ3n) is 5.74. The Labute approximate surface area is 210 Å². The summed E-state index contributed by atoms with van der Waals surface area (Å²) >= 11 is 1.43. The molecule has 1 fully saturated rings. The molecule has 2 aromatic carbocycles. The summed E-state index contributed by atoms with van der Waals surface area (Å²) in [5.74, 6) is -0.0275. The van der Waals surface area contributed by atoms with Crippen molar-refractivity contribution in [3.63, 3.8) is 0 Å². The Hall–Kier alpha value is -3.23. The molecule has 1 saturated heterocycles. The summed E-state index contributed by atoms with van der Waals surface area (Å²) in [4.78, 5) is 35.4. The van der Waals surface area contributed by atoms with Gasteiger partial charge in [-0.15, -0.1) is 0 Å². The monoisotopic (exact) mass is 492 g/mol. The lowest BCUT2D eigenvalue weighted by Crippen LogP contribution is -2.44. The summed E-state index contributed by atoms with van der Waals surface area (Å²) in [5, 5.41) is 3.71. The summed E-state index contributed by atoms with van der Waals surface area (Å²) in [6.45, 7) is 9.22. The number of amides is 1. The second-order valence-electron chi connectivity index (χ2n) is 9.76. The van der Waals surface area contributed by atoms with Crippen molar-refractivity contribution in [1.29, 1.82) is 0 Å². The molecule has 1 aliphatic rings. The lowest BCUT2D eigenvalue weighted by Gasteiger charge is -2.32. The predicted molar refractivity (Wildman–Crippen MR) is 142 cm³/mol. The summed E-state index contributed by atoms with van der Waals surface area (Å²) in [5.41, 5.74) is 2.70. The van der Waals surface area contributed by atoms with Crippen LogP contribution in [0.5, 0.6) is 0 Å². The molecule has 7 nitrogen and oxygen atoms in total. The molecule has 1 aromatic heterocycles. The highest BCUT2D eigenvalue weighted by Crippen LogP contribution is 2.29. The van der Waals surface area contributed by atoms with E-state index >= 15 is 0 Å². The lowest BCUT2D eigenvalue weighted by atomic mass is 9.98. The number of piperazine rings is 1. The van der Waals surface area contributed by atoms with Gasteiger partial charge in [0, 0.05) is 38.3 Å². The Morgan fingerprint density at radius 1 is 1.03 bits per heavy atom. The molecule has 0 bridgehead atoms. The fourth-order valence-electron chi connectivity index (χ4n) is 3.88. The van der Waals surface area contributed by atoms with Gasteiger partial charge in [-0.05, 0) is 56.6 Å². The fraction of sp³-hybridized carbons (Fsp3) is 0.370. The van der Waals surface area contributed by atoms with E-state index in [1.54, 1.807) is 6.20 Å². The van der Waals surface area contributed by atoms with Crippen LogP contribution in [0.1, 0.15) is 36.0 Å². The molecule has 0 spiro atoms. The van der Waals surface area contributed by atoms with Crippen LogP contribution in [0.4, 0.5) is 15.6 Å². The first-order chi connectivity index (χ1) is 16.7. The van der Waals surface area contributed by atoms with Gasteiger partial charge in [0.25, 0.3) is 0 Å². The van der Waals surface area contributed by atoms with E-state index in [1.165, 1.54) is 11.3 Å². The number of ether oxygens (including phenoxy) is 1. The molecule has 1 amide bonds. The zero-order chi connectivity index (χ0) is 25.0. The molecule has 0 radical (unpaired) electrons. The second-order valence-corrected chi connectivity index (χ2v) is 10.8. The van der Waals surface area contributed by atoms with Crippen LogP contribution >= 0.6 is 11.3 Å². The zero-order valence-electron chi connectivity index (χ0n) is 20.7. The Balaban J connectivity index is 1.56. The van der Waals surface area contributed by atoms with Crippen molar-refractivity contribution < 1.29 is 14.3 Å². The molecule has 184 valence electrons. The number of anilines is 2. The van der Waals surface area contributed by atoms with Crippen molar-refractivity contribution in [3.05, 3.63) is 65.2 Å². The van der Waals surface area contributed by atoms with E-state index in [0.717, 1.165) is 48.0 Å². The number of benzene rings is 2. The molecule has 0 aliphatic carbocycles. The number of nitrogens with zero attached hydrogens (tertiary/aromatic N) is 3. The van der Waals surface area contributed by atoms with Gasteiger partial charge in [-0.1, -0.05) is 47.7 Å². The summed E-state index contributed by atoms with van der Waals surface area (Å²) in [6, 6.07) is 15.7. The molecule has 0 saturated carbocycles. The molecule has 8 heteroatoms. The van der Waals surface area contributed by atoms with Crippen molar-refractivity contribution in [3.8, 4) is 11.1 Å². The maximum absolute atomic E-state index is 13.3. The summed E-state index contributed by atoms with van der Waals surface area (Å²) in [6.07, 6.45) is 1.27. The van der Waals surface area contributed by atoms with Gasteiger partial charge < -0.3 is 14.5 Å². The normalized spacial score (nSPS) is 14.6. The van der Waals surface area contributed by atoms with Gasteiger partial charge in [0.1, 0.15) is 5.60 Å². The zero-order valence-corrected chi connectivity index (χ0v) is 21.5. The molecule has 3 aromatic rings. The van der Waals surface area contributed by atoms with Crippen LogP contribution in [-0.2, 0) is 11.2 Å². The number of likely N-dealkylation sites (N-methyl/N-ethyl adjacent to an activating group) is 1. The van der Waals surface area contributed by atoms with E-state index in [4.69, 9.17) is 4.74 Å². The van der Waals surface area contributed by atoms with E-state index in [-0.39, 0.29) is 12.2 Å². The number of ketones is 1. The quantitative estimate of drug-likeness (QED) is 0.469. The van der Waals surface area contributed by atoms with Crippen LogP contribution in [0.3, 0.4) is 0 Å². The molecule has 1 aliphatic heterocycles. The largest absolute Gasteiger partial charge is 0.444 e. The van der Waals surface area contributed by atoms with E-state index < -0.39 is 11.7 Å². The summed E-state index contributed by atoms with van der Waals surface area (Å²) < 4.78 is 5.43. The van der Waals surface area contributed by atoms with Gasteiger partial charge in [-0.3, -0.25) is 10.1 Å². The van der Waals surface area contributed by atoms with Crippen molar-refractivity contribution in [2.75, 3.05) is 43.4 Å². The van der Waals surface area contributed by atoms with Gasteiger partial charge in [0.05, 0.1) is 11.1 Å². The maximum atomic E-state index is 13.3. The number of carbonyl (C=O) groups is 2. The third kappa shape index (κ3) is 6.68. The number of aromatic nitrogens is 1. The van der Waals surface area contributed by atoms with E-state index in [2.05, 4.69) is 27.1 Å². The minimum atomic E-state index is -0.619. The first-order valence-corrected chi connectivity index (χ1v) is 12.6. The Morgan fingerprint density at radius 2 is 1.74 bits per heavy atom. The molecular weight excluding hydrogens is 460 g/mol. The van der Waals surface area contributed by atoms with Gasteiger partial charge in [0.15, 0.2) is 10.9 Å². The topological polar surface area (TPSA) is 74.8 Å². The maximum Gasteiger partial charge on any atom is 0.412 e. The average molecular weight is 493 g/mol. The number of hydrogen-bond donors (Lipinski definition) is 1. The van der Waals surface area contributed by atoms with Crippen LogP contribution in [-0.4, -0.2) is 60.6 Å². The van der Waals surface area contributed by atoms with Crippen LogP contribution in [0.2, 0.25) is 0 Å². The van der Waals surface area contributed by atoms with E-state index in [0.29, 0.717) is 10.6 Å². The van der Waals surface area contributed by atoms with Crippen LogP contribution in [0.15, 0.2) is 54.7 Å². The molecule has 0 atom stereocenters. The molecule has 0 unspecified atom stereocenters. The van der Waals surface area contributed by atoms with Crippen LogP contribution in [0.25, 0.3) is 11.1 Å². The van der Waals surface area contributed by atoms with Gasteiger partial charge in [0.2, 0.25) is 0 Å². The first kappa shape index (κ1) is 24.9. The predicted octanol–water partition coefficient (Wildman–Crippen LogP) is 5.33. The van der Waals surface area contributed by atoms with Crippen LogP contribution in [0, 0.1) is 0 Å². The van der Waals surface area contributed by atoms with Gasteiger partial charge in [-0.25, -0.2) is 9.78 Å². The highest BCUT2D eigenvalue weighted by Gasteiger charge is 2.21. The number of hydrogen-bond acceptors (Lipinski definition) is 7. The van der Waals surface area contributed by atoms with E-state index in [9.17, 15) is 9.59 Å². The molecule has 35 heavy (non-hydrogen) atoms. The first-order valence-electron chi connectivity index (χ1n) is 11.8. The van der Waals surface area contributed by atoms with Crippen molar-refractivity contribution in [2.24, 2.45) is 0 Å². The summed E-state index contributed by atoms with van der Waals surface area (Å²) in [7, 11) is 2.11. The van der Waals surface area contributed by atoms with Crippen molar-refractivity contribution >= 4 is 34.0 Å². The fourth-order valence-corrected chi connectivity index (χ4v) is 4.79. The molecule has 1 N–H and O–H groups in total.